The first-order valence-corrected chi connectivity index (χ1v) is 7.88. The number of nitrogens with zero attached hydrogens (tertiary/aromatic N) is 2. The highest BCUT2D eigenvalue weighted by atomic mass is 16.1. The maximum Gasteiger partial charge on any atom is 0.257 e. The molecule has 0 atom stereocenters. The predicted molar refractivity (Wildman–Crippen MR) is 96.4 cm³/mol. The molecule has 5 heteroatoms. The van der Waals surface area contributed by atoms with Crippen molar-refractivity contribution >= 4 is 23.0 Å². The molecule has 0 aliphatic heterocycles. The van der Waals surface area contributed by atoms with E-state index in [0.717, 1.165) is 36.4 Å². The van der Waals surface area contributed by atoms with Crippen molar-refractivity contribution in [2.45, 2.75) is 19.8 Å². The largest absolute Gasteiger partial charge is 0.384 e. The topological polar surface area (TPSA) is 57.3 Å². The summed E-state index contributed by atoms with van der Waals surface area (Å²) in [6, 6.07) is 9.55. The van der Waals surface area contributed by atoms with Crippen LogP contribution >= 0.6 is 0 Å². The lowest BCUT2D eigenvalue weighted by Crippen LogP contribution is -2.13. The van der Waals surface area contributed by atoms with Crippen LogP contribution in [0.2, 0.25) is 0 Å². The molecule has 0 saturated heterocycles. The number of rotatable bonds is 7. The summed E-state index contributed by atoms with van der Waals surface area (Å²) in [6.45, 7) is 3.03. The molecule has 2 rings (SSSR count). The van der Waals surface area contributed by atoms with Gasteiger partial charge < -0.3 is 15.5 Å². The zero-order chi connectivity index (χ0) is 16.7. The molecule has 0 bridgehead atoms. The Bertz CT molecular complexity index is 638. The van der Waals surface area contributed by atoms with Crippen LogP contribution < -0.4 is 15.5 Å². The standard InChI is InChI=1S/C18H24N4O/c1-4-5-10-20-16-11-14(12-19-13-16)18(23)21-15-6-8-17(9-7-15)22(2)3/h6-9,11-13,20H,4-5,10H2,1-3H3,(H,21,23). The number of hydrogen-bond acceptors (Lipinski definition) is 4. The van der Waals surface area contributed by atoms with Crippen LogP contribution in [0.15, 0.2) is 42.7 Å². The number of hydrogen-bond donors (Lipinski definition) is 2. The Morgan fingerprint density at radius 3 is 2.52 bits per heavy atom. The van der Waals surface area contributed by atoms with Gasteiger partial charge in [0.05, 0.1) is 11.3 Å². The van der Waals surface area contributed by atoms with Crippen molar-refractivity contribution < 1.29 is 4.79 Å². The molecule has 122 valence electrons. The van der Waals surface area contributed by atoms with Gasteiger partial charge in [-0.2, -0.15) is 0 Å². The van der Waals surface area contributed by atoms with E-state index in [1.54, 1.807) is 12.4 Å². The lowest BCUT2D eigenvalue weighted by atomic mass is 10.2. The fourth-order valence-corrected chi connectivity index (χ4v) is 2.12. The maximum atomic E-state index is 12.3. The molecule has 1 amide bonds. The molecule has 0 aliphatic rings. The molecule has 2 N–H and O–H groups in total. The van der Waals surface area contributed by atoms with Gasteiger partial charge in [0, 0.05) is 44.4 Å². The predicted octanol–water partition coefficient (Wildman–Crippen LogP) is 3.61. The fraction of sp³-hybridized carbons (Fsp3) is 0.333. The Morgan fingerprint density at radius 2 is 1.87 bits per heavy atom. The second kappa shape index (κ2) is 8.17. The van der Waals surface area contributed by atoms with E-state index in [-0.39, 0.29) is 5.91 Å². The number of benzene rings is 1. The van der Waals surface area contributed by atoms with Gasteiger partial charge in [0.2, 0.25) is 0 Å². The lowest BCUT2D eigenvalue weighted by molar-refractivity contribution is 0.102. The molecule has 0 saturated carbocycles. The van der Waals surface area contributed by atoms with Gasteiger partial charge in [0.15, 0.2) is 0 Å². The number of nitrogens with one attached hydrogen (secondary N) is 2. The first-order valence-electron chi connectivity index (χ1n) is 7.88. The Labute approximate surface area is 137 Å². The fourth-order valence-electron chi connectivity index (χ4n) is 2.12. The molecule has 1 aromatic heterocycles. The number of pyridine rings is 1. The second-order valence-electron chi connectivity index (χ2n) is 5.64. The number of unbranched alkanes of at least 4 members (excludes halogenated alkanes) is 1. The molecule has 0 aliphatic carbocycles. The monoisotopic (exact) mass is 312 g/mol. The van der Waals surface area contributed by atoms with Crippen LogP contribution in [-0.4, -0.2) is 31.5 Å². The first-order chi connectivity index (χ1) is 11.1. The van der Waals surface area contributed by atoms with Crippen LogP contribution in [-0.2, 0) is 0 Å². The molecule has 2 aromatic rings. The molecule has 1 aromatic carbocycles. The third-order valence-corrected chi connectivity index (χ3v) is 3.50. The van der Waals surface area contributed by atoms with Crippen LogP contribution in [0, 0.1) is 0 Å². The minimum Gasteiger partial charge on any atom is -0.384 e. The van der Waals surface area contributed by atoms with Gasteiger partial charge in [-0.1, -0.05) is 13.3 Å². The molecule has 0 fully saturated rings. The van der Waals surface area contributed by atoms with Crippen molar-refractivity contribution in [3.8, 4) is 0 Å². The molecule has 0 unspecified atom stereocenters. The zero-order valence-electron chi connectivity index (χ0n) is 14.0. The van der Waals surface area contributed by atoms with Gasteiger partial charge in [0.25, 0.3) is 5.91 Å². The Balaban J connectivity index is 2.01. The lowest BCUT2D eigenvalue weighted by Gasteiger charge is -2.13. The van der Waals surface area contributed by atoms with Crippen molar-refractivity contribution in [2.24, 2.45) is 0 Å². The van der Waals surface area contributed by atoms with Gasteiger partial charge in [-0.25, -0.2) is 0 Å². The highest BCUT2D eigenvalue weighted by Crippen LogP contribution is 2.17. The van der Waals surface area contributed by atoms with Crippen molar-refractivity contribution in [2.75, 3.05) is 36.2 Å². The molecular weight excluding hydrogens is 288 g/mol. The molecule has 0 spiro atoms. The SMILES string of the molecule is CCCCNc1cncc(C(=O)Nc2ccc(N(C)C)cc2)c1. The van der Waals surface area contributed by atoms with Gasteiger partial charge in [-0.15, -0.1) is 0 Å². The number of carbonyl (C=O) groups is 1. The molecule has 5 nitrogen and oxygen atoms in total. The van der Waals surface area contributed by atoms with E-state index in [1.165, 1.54) is 0 Å². The maximum absolute atomic E-state index is 12.3. The van der Waals surface area contributed by atoms with Crippen molar-refractivity contribution in [1.82, 2.24) is 4.98 Å². The summed E-state index contributed by atoms with van der Waals surface area (Å²) in [7, 11) is 3.96. The van der Waals surface area contributed by atoms with Gasteiger partial charge in [-0.3, -0.25) is 9.78 Å². The summed E-state index contributed by atoms with van der Waals surface area (Å²) in [5.74, 6) is -0.158. The van der Waals surface area contributed by atoms with E-state index in [9.17, 15) is 4.79 Å². The smallest absolute Gasteiger partial charge is 0.257 e. The zero-order valence-corrected chi connectivity index (χ0v) is 14.0. The van der Waals surface area contributed by atoms with Gasteiger partial charge in [-0.05, 0) is 36.8 Å². The highest BCUT2D eigenvalue weighted by molar-refractivity contribution is 6.04. The normalized spacial score (nSPS) is 10.2. The van der Waals surface area contributed by atoms with E-state index >= 15 is 0 Å². The molecule has 0 radical (unpaired) electrons. The quantitative estimate of drug-likeness (QED) is 0.767. The van der Waals surface area contributed by atoms with E-state index in [0.29, 0.717) is 5.56 Å². The van der Waals surface area contributed by atoms with Gasteiger partial charge in [0.1, 0.15) is 0 Å². The molecule has 1 heterocycles. The number of carbonyl (C=O) groups excluding carboxylic acids is 1. The number of aromatic nitrogens is 1. The summed E-state index contributed by atoms with van der Waals surface area (Å²) in [4.78, 5) is 18.5. The summed E-state index contributed by atoms with van der Waals surface area (Å²) in [5.41, 5.74) is 3.27. The van der Waals surface area contributed by atoms with Crippen LogP contribution in [0.1, 0.15) is 30.1 Å². The Morgan fingerprint density at radius 1 is 1.13 bits per heavy atom. The van der Waals surface area contributed by atoms with Crippen molar-refractivity contribution in [3.05, 3.63) is 48.3 Å². The van der Waals surface area contributed by atoms with E-state index < -0.39 is 0 Å². The van der Waals surface area contributed by atoms with Crippen LogP contribution in [0.3, 0.4) is 0 Å². The van der Waals surface area contributed by atoms with Crippen LogP contribution in [0.25, 0.3) is 0 Å². The number of anilines is 3. The summed E-state index contributed by atoms with van der Waals surface area (Å²) >= 11 is 0. The third-order valence-electron chi connectivity index (χ3n) is 3.50. The molecular formula is C18H24N4O. The van der Waals surface area contributed by atoms with Crippen LogP contribution in [0.5, 0.6) is 0 Å². The summed E-state index contributed by atoms with van der Waals surface area (Å²) < 4.78 is 0. The summed E-state index contributed by atoms with van der Waals surface area (Å²) in [5, 5.41) is 6.17. The number of amides is 1. The van der Waals surface area contributed by atoms with Crippen molar-refractivity contribution in [3.63, 3.8) is 0 Å². The van der Waals surface area contributed by atoms with Gasteiger partial charge >= 0.3 is 0 Å². The van der Waals surface area contributed by atoms with E-state index in [4.69, 9.17) is 0 Å². The van der Waals surface area contributed by atoms with E-state index in [1.807, 2.05) is 49.3 Å². The summed E-state index contributed by atoms with van der Waals surface area (Å²) in [6.07, 6.45) is 5.53. The minimum absolute atomic E-state index is 0.158. The van der Waals surface area contributed by atoms with Crippen molar-refractivity contribution in [1.29, 1.82) is 0 Å². The minimum atomic E-state index is -0.158. The third kappa shape index (κ3) is 4.98. The first kappa shape index (κ1) is 16.8. The van der Waals surface area contributed by atoms with Crippen LogP contribution in [0.4, 0.5) is 17.1 Å². The average Bonchev–Trinajstić information content (AvgIpc) is 2.56. The Kier molecular flexibility index (Phi) is 5.97. The second-order valence-corrected chi connectivity index (χ2v) is 5.64. The Hall–Kier alpha value is -2.56. The highest BCUT2D eigenvalue weighted by Gasteiger charge is 2.08. The average molecular weight is 312 g/mol. The van der Waals surface area contributed by atoms with E-state index in [2.05, 4.69) is 22.5 Å². The molecule has 23 heavy (non-hydrogen) atoms.